The summed E-state index contributed by atoms with van der Waals surface area (Å²) in [5.41, 5.74) is -0.350. The van der Waals surface area contributed by atoms with Crippen LogP contribution in [0, 0.1) is 0 Å². The number of thiophene rings is 1. The topological polar surface area (TPSA) is 101 Å². The Bertz CT molecular complexity index is 1360. The van der Waals surface area contributed by atoms with Gasteiger partial charge in [0.05, 0.1) is 26.2 Å². The van der Waals surface area contributed by atoms with Crippen LogP contribution in [-0.2, 0) is 34.9 Å². The SMILES string of the molecule is NS(=O)c1csc(-c2nc(Nc3cc4c(cc3Cl)CN(C(=O)C(F)(F)F)CC4)ncc2C(F)(F)F)c1. The Balaban J connectivity index is 1.65. The first kappa shape index (κ1) is 26.3. The van der Waals surface area contributed by atoms with Crippen molar-refractivity contribution in [3.8, 4) is 10.6 Å². The highest BCUT2D eigenvalue weighted by Crippen LogP contribution is 2.39. The maximum atomic E-state index is 13.6. The number of rotatable bonds is 4. The molecule has 0 saturated heterocycles. The van der Waals surface area contributed by atoms with E-state index in [1.54, 1.807) is 0 Å². The van der Waals surface area contributed by atoms with Crippen molar-refractivity contribution in [3.05, 3.63) is 51.5 Å². The van der Waals surface area contributed by atoms with Gasteiger partial charge in [-0.2, -0.15) is 26.3 Å². The molecule has 1 aliphatic rings. The number of anilines is 2. The van der Waals surface area contributed by atoms with E-state index < -0.39 is 40.5 Å². The Labute approximate surface area is 210 Å². The first-order valence-corrected chi connectivity index (χ1v) is 12.3. The highest BCUT2D eigenvalue weighted by Gasteiger charge is 2.43. The lowest BCUT2D eigenvalue weighted by Gasteiger charge is -2.30. The number of nitrogens with zero attached hydrogens (tertiary/aromatic N) is 3. The van der Waals surface area contributed by atoms with Crippen LogP contribution >= 0.6 is 22.9 Å². The summed E-state index contributed by atoms with van der Waals surface area (Å²) in [5.74, 6) is -2.18. The molecule has 1 atom stereocenters. The molecule has 4 rings (SSSR count). The predicted molar refractivity (Wildman–Crippen MR) is 121 cm³/mol. The van der Waals surface area contributed by atoms with Crippen LogP contribution in [0.15, 0.2) is 34.7 Å². The standard InChI is InChI=1S/C20H14ClF6N5O2S2/c21-13-3-10-7-32(17(33)20(25,26)27)2-1-9(10)4-14(13)30-18-29-6-12(19(22,23)24)16(31-18)15-5-11(8-35-15)36(28)34/h3-6,8H,1-2,7,28H2,(H,29,30,31). The van der Waals surface area contributed by atoms with Gasteiger partial charge in [-0.1, -0.05) is 11.6 Å². The maximum Gasteiger partial charge on any atom is 0.471 e. The van der Waals surface area contributed by atoms with Crippen molar-refractivity contribution in [1.82, 2.24) is 14.9 Å². The lowest BCUT2D eigenvalue weighted by Crippen LogP contribution is -2.43. The van der Waals surface area contributed by atoms with E-state index in [1.165, 1.54) is 23.6 Å². The molecule has 0 bridgehead atoms. The summed E-state index contributed by atoms with van der Waals surface area (Å²) < 4.78 is 90.5. The number of benzene rings is 1. The number of hydrogen-bond donors (Lipinski definition) is 2. The molecule has 1 aliphatic heterocycles. The van der Waals surface area contributed by atoms with E-state index in [0.717, 1.165) is 11.3 Å². The molecule has 36 heavy (non-hydrogen) atoms. The molecule has 16 heteroatoms. The van der Waals surface area contributed by atoms with Crippen molar-refractivity contribution in [2.75, 3.05) is 11.9 Å². The van der Waals surface area contributed by atoms with Crippen molar-refractivity contribution < 1.29 is 35.3 Å². The highest BCUT2D eigenvalue weighted by atomic mass is 35.5. The van der Waals surface area contributed by atoms with E-state index in [9.17, 15) is 35.3 Å². The van der Waals surface area contributed by atoms with Crippen molar-refractivity contribution in [2.45, 2.75) is 30.2 Å². The molecule has 192 valence electrons. The number of halogens is 7. The van der Waals surface area contributed by atoms with Gasteiger partial charge in [-0.25, -0.2) is 19.3 Å². The Hall–Kier alpha value is -2.75. The van der Waals surface area contributed by atoms with Crippen LogP contribution in [0.3, 0.4) is 0 Å². The monoisotopic (exact) mass is 569 g/mol. The number of hydrogen-bond acceptors (Lipinski definition) is 6. The first-order chi connectivity index (χ1) is 16.7. The zero-order valence-corrected chi connectivity index (χ0v) is 20.1. The first-order valence-electron chi connectivity index (χ1n) is 9.87. The number of nitrogens with two attached hydrogens (primary N) is 1. The molecule has 3 heterocycles. The maximum absolute atomic E-state index is 13.6. The minimum Gasteiger partial charge on any atom is -0.330 e. The Morgan fingerprint density at radius 2 is 1.89 bits per heavy atom. The van der Waals surface area contributed by atoms with E-state index in [4.69, 9.17) is 16.7 Å². The molecule has 0 saturated carbocycles. The molecule has 7 nitrogen and oxygen atoms in total. The van der Waals surface area contributed by atoms with E-state index >= 15 is 0 Å². The second-order valence-electron chi connectivity index (χ2n) is 7.60. The van der Waals surface area contributed by atoms with Crippen molar-refractivity contribution >= 4 is 51.5 Å². The number of fused-ring (bicyclic) bond motifs is 1. The summed E-state index contributed by atoms with van der Waals surface area (Å²) in [5, 5.41) is 9.43. The summed E-state index contributed by atoms with van der Waals surface area (Å²) in [7, 11) is -1.90. The third kappa shape index (κ3) is 5.48. The van der Waals surface area contributed by atoms with Crippen LogP contribution in [0.25, 0.3) is 10.6 Å². The van der Waals surface area contributed by atoms with Gasteiger partial charge in [0.15, 0.2) is 0 Å². The van der Waals surface area contributed by atoms with E-state index in [2.05, 4.69) is 15.3 Å². The van der Waals surface area contributed by atoms with Gasteiger partial charge in [0.2, 0.25) is 5.95 Å². The Morgan fingerprint density at radius 3 is 2.50 bits per heavy atom. The number of carbonyl (C=O) groups excluding carboxylic acids is 1. The van der Waals surface area contributed by atoms with Crippen LogP contribution in [0.4, 0.5) is 38.0 Å². The van der Waals surface area contributed by atoms with Crippen molar-refractivity contribution in [2.24, 2.45) is 5.14 Å². The fraction of sp³-hybridized carbons (Fsp3) is 0.250. The summed E-state index contributed by atoms with van der Waals surface area (Å²) in [6.07, 6.45) is -9.07. The zero-order valence-electron chi connectivity index (χ0n) is 17.7. The molecule has 1 amide bonds. The van der Waals surface area contributed by atoms with Crippen LogP contribution in [0.5, 0.6) is 0 Å². The van der Waals surface area contributed by atoms with Crippen molar-refractivity contribution in [3.63, 3.8) is 0 Å². The number of carbonyl (C=O) groups is 1. The van der Waals surface area contributed by atoms with E-state index in [-0.39, 0.29) is 45.9 Å². The molecule has 0 spiro atoms. The normalized spacial score (nSPS) is 14.9. The fourth-order valence-corrected chi connectivity index (χ4v) is 5.37. The molecule has 0 aliphatic carbocycles. The Kier molecular flexibility index (Phi) is 7.02. The van der Waals surface area contributed by atoms with Gasteiger partial charge in [0, 0.05) is 24.7 Å². The molecular formula is C20H14ClF6N5O2S2. The van der Waals surface area contributed by atoms with Gasteiger partial charge in [-0.15, -0.1) is 11.3 Å². The fourth-order valence-electron chi connectivity index (χ4n) is 3.53. The molecule has 2 aromatic heterocycles. The number of alkyl halides is 6. The summed E-state index contributed by atoms with van der Waals surface area (Å²) in [6.45, 7) is -0.464. The van der Waals surface area contributed by atoms with E-state index in [1.807, 2.05) is 0 Å². The number of amides is 1. The van der Waals surface area contributed by atoms with E-state index in [0.29, 0.717) is 22.2 Å². The largest absolute Gasteiger partial charge is 0.471 e. The smallest absolute Gasteiger partial charge is 0.330 e. The van der Waals surface area contributed by atoms with Crippen LogP contribution < -0.4 is 10.5 Å². The zero-order chi connectivity index (χ0) is 26.4. The molecular weight excluding hydrogens is 556 g/mol. The molecule has 1 aromatic carbocycles. The van der Waals surface area contributed by atoms with Gasteiger partial charge in [-0.3, -0.25) is 4.79 Å². The third-order valence-electron chi connectivity index (χ3n) is 5.21. The minimum absolute atomic E-state index is 0.0389. The van der Waals surface area contributed by atoms with Gasteiger partial charge < -0.3 is 10.2 Å². The van der Waals surface area contributed by atoms with Gasteiger partial charge in [0.1, 0.15) is 16.5 Å². The second kappa shape index (κ2) is 9.61. The van der Waals surface area contributed by atoms with Crippen LogP contribution in [0.2, 0.25) is 5.02 Å². The molecule has 0 radical (unpaired) electrons. The predicted octanol–water partition coefficient (Wildman–Crippen LogP) is 5.05. The lowest BCUT2D eigenvalue weighted by atomic mass is 9.99. The minimum atomic E-state index is -5.00. The average molecular weight is 570 g/mol. The summed E-state index contributed by atoms with van der Waals surface area (Å²) in [4.78, 5) is 20.1. The summed E-state index contributed by atoms with van der Waals surface area (Å²) >= 11 is 7.13. The molecule has 3 N–H and O–H groups in total. The lowest BCUT2D eigenvalue weighted by molar-refractivity contribution is -0.186. The quantitative estimate of drug-likeness (QED) is 0.428. The third-order valence-corrected chi connectivity index (χ3v) is 7.31. The second-order valence-corrected chi connectivity index (χ2v) is 9.98. The van der Waals surface area contributed by atoms with Gasteiger partial charge in [0.25, 0.3) is 0 Å². The van der Waals surface area contributed by atoms with Crippen molar-refractivity contribution in [1.29, 1.82) is 0 Å². The van der Waals surface area contributed by atoms with Crippen LogP contribution in [-0.4, -0.2) is 37.7 Å². The van der Waals surface area contributed by atoms with Gasteiger partial charge >= 0.3 is 18.3 Å². The molecule has 1 unspecified atom stereocenters. The highest BCUT2D eigenvalue weighted by molar-refractivity contribution is 7.82. The Morgan fingerprint density at radius 1 is 1.17 bits per heavy atom. The molecule has 3 aromatic rings. The number of aromatic nitrogens is 2. The summed E-state index contributed by atoms with van der Waals surface area (Å²) in [6, 6.07) is 4.14. The van der Waals surface area contributed by atoms with Crippen LogP contribution in [0.1, 0.15) is 16.7 Å². The van der Waals surface area contributed by atoms with Gasteiger partial charge in [-0.05, 0) is 35.7 Å². The number of nitrogens with one attached hydrogen (secondary N) is 1. The average Bonchev–Trinajstić information content (AvgIpc) is 3.28. The molecule has 0 fully saturated rings.